The van der Waals surface area contributed by atoms with Crippen LogP contribution < -0.4 is 14.2 Å². The van der Waals surface area contributed by atoms with Crippen molar-refractivity contribution in [1.29, 1.82) is 0 Å². The number of ether oxygens (including phenoxy) is 3. The standard InChI is InChI=1S/C28H37NO4/c1-4-5-6-7-8-9-10-11-18-33-23-14-12-21(13-15-23)28(30)27-24-20-26(32-3)25(31-2)19-22(24)16-17-29-27/h12-15,19-20H,4-11,16-18H2,1-3H3. The molecule has 2 aromatic carbocycles. The zero-order chi connectivity index (χ0) is 23.5. The molecule has 5 heteroatoms. The highest BCUT2D eigenvalue weighted by atomic mass is 16.5. The summed E-state index contributed by atoms with van der Waals surface area (Å²) in [4.78, 5) is 17.8. The first kappa shape index (κ1) is 24.8. The molecule has 0 fully saturated rings. The van der Waals surface area contributed by atoms with Gasteiger partial charge in [-0.3, -0.25) is 9.79 Å². The summed E-state index contributed by atoms with van der Waals surface area (Å²) < 4.78 is 16.7. The first-order valence-corrected chi connectivity index (χ1v) is 12.2. The Morgan fingerprint density at radius 2 is 1.52 bits per heavy atom. The Bertz CT molecular complexity index is 934. The van der Waals surface area contributed by atoms with E-state index in [1.54, 1.807) is 14.2 Å². The van der Waals surface area contributed by atoms with Crippen LogP contribution in [0.15, 0.2) is 41.4 Å². The molecule has 0 radical (unpaired) electrons. The third kappa shape index (κ3) is 6.83. The predicted octanol–water partition coefficient (Wildman–Crippen LogP) is 6.45. The van der Waals surface area contributed by atoms with Crippen molar-refractivity contribution >= 4 is 11.5 Å². The Labute approximate surface area is 198 Å². The van der Waals surface area contributed by atoms with E-state index in [0.717, 1.165) is 29.7 Å². The smallest absolute Gasteiger partial charge is 0.211 e. The maximum Gasteiger partial charge on any atom is 0.211 e. The number of benzene rings is 2. The van der Waals surface area contributed by atoms with Crippen molar-refractivity contribution < 1.29 is 19.0 Å². The lowest BCUT2D eigenvalue weighted by Gasteiger charge is -2.19. The highest BCUT2D eigenvalue weighted by molar-refractivity contribution is 6.52. The summed E-state index contributed by atoms with van der Waals surface area (Å²) in [6.07, 6.45) is 11.0. The van der Waals surface area contributed by atoms with Crippen LogP contribution in [0, 0.1) is 0 Å². The molecule has 1 aliphatic rings. The highest BCUT2D eigenvalue weighted by Crippen LogP contribution is 2.33. The molecule has 0 saturated heterocycles. The number of fused-ring (bicyclic) bond motifs is 1. The Hall–Kier alpha value is -2.82. The lowest BCUT2D eigenvalue weighted by Crippen LogP contribution is -2.22. The van der Waals surface area contributed by atoms with Crippen LogP contribution in [0.5, 0.6) is 17.2 Å². The average Bonchev–Trinajstić information content (AvgIpc) is 2.86. The molecule has 1 aliphatic heterocycles. The van der Waals surface area contributed by atoms with E-state index in [-0.39, 0.29) is 5.78 Å². The van der Waals surface area contributed by atoms with Crippen LogP contribution in [0.3, 0.4) is 0 Å². The van der Waals surface area contributed by atoms with Gasteiger partial charge in [-0.1, -0.05) is 51.9 Å². The van der Waals surface area contributed by atoms with E-state index in [1.807, 2.05) is 36.4 Å². The van der Waals surface area contributed by atoms with Gasteiger partial charge in [0.15, 0.2) is 11.5 Å². The number of hydrogen-bond acceptors (Lipinski definition) is 5. The SMILES string of the molecule is CCCCCCCCCCOc1ccc(C(=O)C2=NCCc3cc(OC)c(OC)cc32)cc1. The minimum Gasteiger partial charge on any atom is -0.494 e. The van der Waals surface area contributed by atoms with Gasteiger partial charge in [0.05, 0.1) is 20.8 Å². The monoisotopic (exact) mass is 451 g/mol. The minimum atomic E-state index is -0.0854. The molecule has 178 valence electrons. The number of aliphatic imine (C=N–C) groups is 1. The average molecular weight is 452 g/mol. The van der Waals surface area contributed by atoms with Crippen molar-refractivity contribution in [2.75, 3.05) is 27.4 Å². The fourth-order valence-electron chi connectivity index (χ4n) is 4.18. The van der Waals surface area contributed by atoms with Crippen molar-refractivity contribution in [1.82, 2.24) is 0 Å². The molecule has 0 bridgehead atoms. The summed E-state index contributed by atoms with van der Waals surface area (Å²) >= 11 is 0. The minimum absolute atomic E-state index is 0.0854. The van der Waals surface area contributed by atoms with E-state index in [4.69, 9.17) is 14.2 Å². The summed E-state index contributed by atoms with van der Waals surface area (Å²) in [6.45, 7) is 3.55. The Kier molecular flexibility index (Phi) is 9.79. The zero-order valence-corrected chi connectivity index (χ0v) is 20.3. The molecule has 0 saturated carbocycles. The van der Waals surface area contributed by atoms with Crippen LogP contribution in [0.1, 0.15) is 79.8 Å². The lowest BCUT2D eigenvalue weighted by molar-refractivity contribution is 0.106. The number of unbranched alkanes of at least 4 members (excludes halogenated alkanes) is 7. The second-order valence-corrected chi connectivity index (χ2v) is 8.52. The number of nitrogens with zero attached hydrogens (tertiary/aromatic N) is 1. The van der Waals surface area contributed by atoms with Crippen molar-refractivity contribution in [2.45, 2.75) is 64.7 Å². The van der Waals surface area contributed by atoms with E-state index in [9.17, 15) is 4.79 Å². The van der Waals surface area contributed by atoms with Gasteiger partial charge in [0.25, 0.3) is 0 Å². The van der Waals surface area contributed by atoms with Gasteiger partial charge >= 0.3 is 0 Å². The van der Waals surface area contributed by atoms with Crippen LogP contribution in [0.4, 0.5) is 0 Å². The van der Waals surface area contributed by atoms with E-state index in [1.165, 1.54) is 44.9 Å². The molecule has 0 aliphatic carbocycles. The van der Waals surface area contributed by atoms with Gasteiger partial charge in [0, 0.05) is 17.7 Å². The first-order chi connectivity index (χ1) is 16.2. The molecular formula is C28H37NO4. The van der Waals surface area contributed by atoms with Gasteiger partial charge < -0.3 is 14.2 Å². The quantitative estimate of drug-likeness (QED) is 0.245. The van der Waals surface area contributed by atoms with Gasteiger partial charge in [-0.25, -0.2) is 0 Å². The number of methoxy groups -OCH3 is 2. The van der Waals surface area contributed by atoms with Crippen LogP contribution in [-0.2, 0) is 6.42 Å². The van der Waals surface area contributed by atoms with E-state index >= 15 is 0 Å². The number of ketones is 1. The number of Topliss-reactive ketones (excluding diaryl/α,β-unsaturated/α-hetero) is 1. The van der Waals surface area contributed by atoms with Gasteiger partial charge in [0.1, 0.15) is 11.5 Å². The zero-order valence-electron chi connectivity index (χ0n) is 20.3. The summed E-state index contributed by atoms with van der Waals surface area (Å²) in [5.74, 6) is 1.98. The molecule has 0 N–H and O–H groups in total. The summed E-state index contributed by atoms with van der Waals surface area (Å²) in [6, 6.07) is 11.2. The maximum absolute atomic E-state index is 13.2. The fourth-order valence-corrected chi connectivity index (χ4v) is 4.18. The third-order valence-electron chi connectivity index (χ3n) is 6.11. The van der Waals surface area contributed by atoms with Crippen LogP contribution in [0.25, 0.3) is 0 Å². The van der Waals surface area contributed by atoms with E-state index in [2.05, 4.69) is 11.9 Å². The molecule has 33 heavy (non-hydrogen) atoms. The topological polar surface area (TPSA) is 57.1 Å². The molecular weight excluding hydrogens is 414 g/mol. The summed E-state index contributed by atoms with van der Waals surface area (Å²) in [7, 11) is 3.21. The van der Waals surface area contributed by atoms with Crippen molar-refractivity contribution in [2.24, 2.45) is 4.99 Å². The van der Waals surface area contributed by atoms with Crippen molar-refractivity contribution in [3.05, 3.63) is 53.1 Å². The number of rotatable bonds is 14. The Morgan fingerprint density at radius 1 is 0.879 bits per heavy atom. The Balaban J connectivity index is 1.53. The molecule has 0 spiro atoms. The van der Waals surface area contributed by atoms with E-state index in [0.29, 0.717) is 35.9 Å². The van der Waals surface area contributed by atoms with E-state index < -0.39 is 0 Å². The van der Waals surface area contributed by atoms with Gasteiger partial charge in [-0.15, -0.1) is 0 Å². The molecule has 2 aromatic rings. The molecule has 3 rings (SSSR count). The van der Waals surface area contributed by atoms with Crippen LogP contribution >= 0.6 is 0 Å². The molecule has 0 atom stereocenters. The highest BCUT2D eigenvalue weighted by Gasteiger charge is 2.24. The molecule has 5 nitrogen and oxygen atoms in total. The number of carbonyl (C=O) groups is 1. The number of hydrogen-bond donors (Lipinski definition) is 0. The summed E-state index contributed by atoms with van der Waals surface area (Å²) in [5, 5.41) is 0. The summed E-state index contributed by atoms with van der Waals surface area (Å²) in [5.41, 5.74) is 2.95. The molecule has 1 heterocycles. The Morgan fingerprint density at radius 3 is 2.18 bits per heavy atom. The normalized spacial score (nSPS) is 12.6. The second-order valence-electron chi connectivity index (χ2n) is 8.52. The van der Waals surface area contributed by atoms with Gasteiger partial charge in [0.2, 0.25) is 5.78 Å². The number of carbonyl (C=O) groups excluding carboxylic acids is 1. The molecule has 0 aromatic heterocycles. The van der Waals surface area contributed by atoms with Crippen LogP contribution in [-0.4, -0.2) is 38.9 Å². The maximum atomic E-state index is 13.2. The van der Waals surface area contributed by atoms with Crippen LogP contribution in [0.2, 0.25) is 0 Å². The fraction of sp³-hybridized carbons (Fsp3) is 0.500. The molecule has 0 amide bonds. The molecule has 0 unspecified atom stereocenters. The van der Waals surface area contributed by atoms with Gasteiger partial charge in [-0.05, 0) is 54.8 Å². The largest absolute Gasteiger partial charge is 0.494 e. The second kappa shape index (κ2) is 13.0. The predicted molar refractivity (Wildman–Crippen MR) is 134 cm³/mol. The van der Waals surface area contributed by atoms with Gasteiger partial charge in [-0.2, -0.15) is 0 Å². The lowest BCUT2D eigenvalue weighted by atomic mass is 9.92. The van der Waals surface area contributed by atoms with Crippen molar-refractivity contribution in [3.63, 3.8) is 0 Å². The van der Waals surface area contributed by atoms with Crippen molar-refractivity contribution in [3.8, 4) is 17.2 Å². The third-order valence-corrected chi connectivity index (χ3v) is 6.11. The first-order valence-electron chi connectivity index (χ1n) is 12.2.